The van der Waals surface area contributed by atoms with E-state index in [0.717, 1.165) is 12.1 Å². The number of carboxylic acids is 1. The van der Waals surface area contributed by atoms with Gasteiger partial charge >= 0.3 is 5.97 Å². The fourth-order valence-corrected chi connectivity index (χ4v) is 1.23. The highest BCUT2D eigenvalue weighted by atomic mass is 19.1. The molecule has 0 aliphatic carbocycles. The molecule has 0 bridgehead atoms. The summed E-state index contributed by atoms with van der Waals surface area (Å²) in [4.78, 5) is 22.2. The van der Waals surface area contributed by atoms with Gasteiger partial charge in [0.15, 0.2) is 17.6 Å². The van der Waals surface area contributed by atoms with Gasteiger partial charge in [0.25, 0.3) is 5.91 Å². The van der Waals surface area contributed by atoms with Gasteiger partial charge in [0, 0.05) is 5.56 Å². The molecule has 98 valence electrons. The number of hydrogen-bond donors (Lipinski definition) is 3. The molecule has 0 spiro atoms. The quantitative estimate of drug-likeness (QED) is 0.690. The minimum atomic E-state index is -1.41. The predicted molar refractivity (Wildman–Crippen MR) is 58.9 cm³/mol. The molecule has 6 nitrogen and oxygen atoms in total. The van der Waals surface area contributed by atoms with Gasteiger partial charge in [-0.15, -0.1) is 0 Å². The van der Waals surface area contributed by atoms with Crippen molar-refractivity contribution in [3.8, 4) is 5.75 Å². The first-order valence-corrected chi connectivity index (χ1v) is 4.97. The minimum Gasteiger partial charge on any atom is -0.494 e. The third-order valence-electron chi connectivity index (χ3n) is 2.20. The highest BCUT2D eigenvalue weighted by molar-refractivity contribution is 5.96. The standard InChI is InChI=1S/C11H12FNO5/c1-18-9-4-6(2-3-7(9)12)10(15)13-8(5-14)11(16)17/h2-4,8,14H,5H2,1H3,(H,13,15)(H,16,17)/t8-/m0/s1. The van der Waals surface area contributed by atoms with E-state index in [1.165, 1.54) is 13.2 Å². The zero-order valence-corrected chi connectivity index (χ0v) is 9.51. The number of amides is 1. The number of rotatable bonds is 5. The molecule has 0 aliphatic rings. The van der Waals surface area contributed by atoms with Crippen LogP contribution in [0.3, 0.4) is 0 Å². The number of aliphatic hydroxyl groups excluding tert-OH is 1. The summed E-state index contributed by atoms with van der Waals surface area (Å²) >= 11 is 0. The number of methoxy groups -OCH3 is 1. The van der Waals surface area contributed by atoms with Gasteiger partial charge in [-0.1, -0.05) is 0 Å². The summed E-state index contributed by atoms with van der Waals surface area (Å²) in [5.74, 6) is -2.86. The van der Waals surface area contributed by atoms with Crippen LogP contribution in [-0.4, -0.2) is 41.8 Å². The van der Waals surface area contributed by atoms with Gasteiger partial charge in [-0.05, 0) is 18.2 Å². The summed E-state index contributed by atoms with van der Waals surface area (Å²) < 4.78 is 17.8. The van der Waals surface area contributed by atoms with E-state index in [9.17, 15) is 14.0 Å². The Kier molecular flexibility index (Phi) is 4.61. The third kappa shape index (κ3) is 3.17. The van der Waals surface area contributed by atoms with Crippen molar-refractivity contribution in [3.63, 3.8) is 0 Å². The molecule has 1 aromatic carbocycles. The molecular weight excluding hydrogens is 245 g/mol. The van der Waals surface area contributed by atoms with Crippen LogP contribution in [0, 0.1) is 5.82 Å². The van der Waals surface area contributed by atoms with Gasteiger partial charge in [-0.25, -0.2) is 9.18 Å². The number of ether oxygens (including phenoxy) is 1. The van der Waals surface area contributed by atoms with Gasteiger partial charge in [0.2, 0.25) is 0 Å². The van der Waals surface area contributed by atoms with Crippen LogP contribution < -0.4 is 10.1 Å². The van der Waals surface area contributed by atoms with Crippen LogP contribution in [0.4, 0.5) is 4.39 Å². The van der Waals surface area contributed by atoms with Crippen molar-refractivity contribution in [3.05, 3.63) is 29.6 Å². The number of aliphatic hydroxyl groups is 1. The predicted octanol–water partition coefficient (Wildman–Crippen LogP) is 0.00960. The van der Waals surface area contributed by atoms with Crippen LogP contribution in [0.5, 0.6) is 5.75 Å². The maximum absolute atomic E-state index is 13.1. The first kappa shape index (κ1) is 13.9. The Balaban J connectivity index is 2.87. The van der Waals surface area contributed by atoms with Gasteiger partial charge < -0.3 is 20.3 Å². The number of hydrogen-bond acceptors (Lipinski definition) is 4. The van der Waals surface area contributed by atoms with Crippen molar-refractivity contribution >= 4 is 11.9 Å². The second-order valence-electron chi connectivity index (χ2n) is 3.40. The van der Waals surface area contributed by atoms with Gasteiger partial charge in [0.05, 0.1) is 13.7 Å². The van der Waals surface area contributed by atoms with E-state index < -0.39 is 30.3 Å². The van der Waals surface area contributed by atoms with Crippen molar-refractivity contribution in [2.45, 2.75) is 6.04 Å². The van der Waals surface area contributed by atoms with Crippen LogP contribution in [0.2, 0.25) is 0 Å². The van der Waals surface area contributed by atoms with E-state index in [-0.39, 0.29) is 11.3 Å². The lowest BCUT2D eigenvalue weighted by Gasteiger charge is -2.12. The Bertz CT molecular complexity index is 463. The lowest BCUT2D eigenvalue weighted by Crippen LogP contribution is -2.43. The maximum Gasteiger partial charge on any atom is 0.328 e. The molecule has 0 aliphatic heterocycles. The second kappa shape index (κ2) is 5.97. The summed E-state index contributed by atoms with van der Waals surface area (Å²) in [6.45, 7) is -0.737. The van der Waals surface area contributed by atoms with Crippen molar-refractivity contribution in [1.29, 1.82) is 0 Å². The molecule has 0 unspecified atom stereocenters. The highest BCUT2D eigenvalue weighted by Crippen LogP contribution is 2.18. The van der Waals surface area contributed by atoms with E-state index in [2.05, 4.69) is 5.32 Å². The van der Waals surface area contributed by atoms with E-state index in [1.54, 1.807) is 0 Å². The van der Waals surface area contributed by atoms with Crippen LogP contribution in [-0.2, 0) is 4.79 Å². The topological polar surface area (TPSA) is 95.9 Å². The zero-order valence-electron chi connectivity index (χ0n) is 9.51. The first-order chi connectivity index (χ1) is 8.49. The number of nitrogens with one attached hydrogen (secondary N) is 1. The Morgan fingerprint density at radius 2 is 2.17 bits per heavy atom. The molecule has 0 saturated heterocycles. The van der Waals surface area contributed by atoms with Crippen LogP contribution >= 0.6 is 0 Å². The average molecular weight is 257 g/mol. The zero-order chi connectivity index (χ0) is 13.7. The fourth-order valence-electron chi connectivity index (χ4n) is 1.23. The number of carboxylic acid groups (broad SMARTS) is 1. The lowest BCUT2D eigenvalue weighted by molar-refractivity contribution is -0.140. The summed E-state index contributed by atoms with van der Waals surface area (Å²) in [6.07, 6.45) is 0. The molecule has 1 rings (SSSR count). The normalized spacial score (nSPS) is 11.7. The van der Waals surface area contributed by atoms with Crippen molar-refractivity contribution in [2.75, 3.05) is 13.7 Å². The maximum atomic E-state index is 13.1. The summed E-state index contributed by atoms with van der Waals surface area (Å²) in [6, 6.07) is 1.95. The van der Waals surface area contributed by atoms with Gasteiger partial charge in [-0.3, -0.25) is 4.79 Å². The molecule has 0 heterocycles. The van der Waals surface area contributed by atoms with E-state index in [1.807, 2.05) is 0 Å². The smallest absolute Gasteiger partial charge is 0.328 e. The number of halogens is 1. The SMILES string of the molecule is COc1cc(C(=O)N[C@@H](CO)C(=O)O)ccc1F. The highest BCUT2D eigenvalue weighted by Gasteiger charge is 2.20. The van der Waals surface area contributed by atoms with Gasteiger partial charge in [0.1, 0.15) is 0 Å². The van der Waals surface area contributed by atoms with Crippen molar-refractivity contribution < 1.29 is 28.9 Å². The molecule has 0 fully saturated rings. The molecule has 7 heteroatoms. The molecular formula is C11H12FNO5. The van der Waals surface area contributed by atoms with Crippen LogP contribution in [0.1, 0.15) is 10.4 Å². The van der Waals surface area contributed by atoms with E-state index in [0.29, 0.717) is 0 Å². The Labute approximate surface area is 102 Å². The van der Waals surface area contributed by atoms with Crippen molar-refractivity contribution in [2.24, 2.45) is 0 Å². The van der Waals surface area contributed by atoms with Crippen LogP contribution in [0.15, 0.2) is 18.2 Å². The summed E-state index contributed by atoms with van der Waals surface area (Å²) in [5, 5.41) is 19.5. The minimum absolute atomic E-state index is 0.0351. The lowest BCUT2D eigenvalue weighted by atomic mass is 10.2. The number of aliphatic carboxylic acids is 1. The Morgan fingerprint density at radius 1 is 1.50 bits per heavy atom. The largest absolute Gasteiger partial charge is 0.494 e. The molecule has 1 aromatic rings. The van der Waals surface area contributed by atoms with Gasteiger partial charge in [-0.2, -0.15) is 0 Å². The summed E-state index contributed by atoms with van der Waals surface area (Å²) in [5.41, 5.74) is 0.0351. The van der Waals surface area contributed by atoms with E-state index in [4.69, 9.17) is 14.9 Å². The number of carbonyl (C=O) groups excluding carboxylic acids is 1. The molecule has 3 N–H and O–H groups in total. The molecule has 18 heavy (non-hydrogen) atoms. The molecule has 0 aromatic heterocycles. The third-order valence-corrected chi connectivity index (χ3v) is 2.20. The van der Waals surface area contributed by atoms with Crippen LogP contribution in [0.25, 0.3) is 0 Å². The molecule has 0 radical (unpaired) electrons. The molecule has 1 amide bonds. The molecule has 1 atom stereocenters. The second-order valence-corrected chi connectivity index (χ2v) is 3.40. The monoisotopic (exact) mass is 257 g/mol. The Hall–Kier alpha value is -2.15. The van der Waals surface area contributed by atoms with Crippen molar-refractivity contribution in [1.82, 2.24) is 5.32 Å². The number of carbonyl (C=O) groups is 2. The average Bonchev–Trinajstić information content (AvgIpc) is 2.35. The number of benzene rings is 1. The van der Waals surface area contributed by atoms with E-state index >= 15 is 0 Å². The Morgan fingerprint density at radius 3 is 2.67 bits per heavy atom. The fraction of sp³-hybridized carbons (Fsp3) is 0.273. The summed E-state index contributed by atoms with van der Waals surface area (Å²) in [7, 11) is 1.24. The molecule has 0 saturated carbocycles. The first-order valence-electron chi connectivity index (χ1n) is 4.97.